The zero-order valence-corrected chi connectivity index (χ0v) is 16.3. The van der Waals surface area contributed by atoms with E-state index >= 15 is 0 Å². The van der Waals surface area contributed by atoms with E-state index < -0.39 is 15.9 Å². The first-order valence-electron chi connectivity index (χ1n) is 8.87. The molecule has 1 aromatic heterocycles. The Morgan fingerprint density at radius 2 is 1.96 bits per heavy atom. The lowest BCUT2D eigenvalue weighted by molar-refractivity contribution is 0.0928. The van der Waals surface area contributed by atoms with Gasteiger partial charge in [-0.2, -0.15) is 0 Å². The molecule has 1 N–H and O–H groups in total. The number of benzene rings is 2. The third-order valence-corrected chi connectivity index (χ3v) is 5.05. The molecular formula is C20H24N2O4S. The molecule has 0 bridgehead atoms. The number of aryl methyl sites for hydroxylation is 1. The van der Waals surface area contributed by atoms with E-state index in [0.29, 0.717) is 17.1 Å². The van der Waals surface area contributed by atoms with Crippen LogP contribution in [0.15, 0.2) is 48.5 Å². The number of imidazole rings is 1. The molecule has 3 aromatic rings. The maximum atomic E-state index is 11.7. The first-order chi connectivity index (χ1) is 12.9. The lowest BCUT2D eigenvalue weighted by Gasteiger charge is -2.16. The summed E-state index contributed by atoms with van der Waals surface area (Å²) in [6.45, 7) is 2.39. The fourth-order valence-corrected chi connectivity index (χ4v) is 3.67. The quantitative estimate of drug-likeness (QED) is 0.641. The first kappa shape index (κ1) is 19.4. The normalized spacial score (nSPS) is 13.0. The van der Waals surface area contributed by atoms with Crippen LogP contribution in [0.5, 0.6) is 5.75 Å². The van der Waals surface area contributed by atoms with Gasteiger partial charge in [-0.15, -0.1) is 0 Å². The van der Waals surface area contributed by atoms with Crippen LogP contribution in [0, 0.1) is 0 Å². The van der Waals surface area contributed by atoms with Gasteiger partial charge in [0.05, 0.1) is 17.6 Å². The van der Waals surface area contributed by atoms with Crippen molar-refractivity contribution in [3.05, 3.63) is 59.9 Å². The molecule has 3 rings (SSSR count). The Morgan fingerprint density at radius 3 is 2.70 bits per heavy atom. The molecule has 1 unspecified atom stereocenters. The predicted octanol–water partition coefficient (Wildman–Crippen LogP) is 2.58. The molecule has 0 fully saturated rings. The van der Waals surface area contributed by atoms with Crippen LogP contribution in [0.2, 0.25) is 0 Å². The zero-order valence-electron chi connectivity index (χ0n) is 15.5. The molecule has 0 spiro atoms. The van der Waals surface area contributed by atoms with Crippen molar-refractivity contribution in [1.29, 1.82) is 0 Å². The van der Waals surface area contributed by atoms with Gasteiger partial charge in [-0.3, -0.25) is 0 Å². The summed E-state index contributed by atoms with van der Waals surface area (Å²) in [6, 6.07) is 15.2. The average molecular weight is 388 g/mol. The van der Waals surface area contributed by atoms with Gasteiger partial charge in [-0.05, 0) is 36.2 Å². The summed E-state index contributed by atoms with van der Waals surface area (Å²) in [5.74, 6) is 0.958. The predicted molar refractivity (Wildman–Crippen MR) is 106 cm³/mol. The van der Waals surface area contributed by atoms with Gasteiger partial charge in [0, 0.05) is 6.26 Å². The lowest BCUT2D eigenvalue weighted by atomic mass is 10.2. The first-order valence-corrected chi connectivity index (χ1v) is 10.9. The van der Waals surface area contributed by atoms with Crippen LogP contribution in [0.4, 0.5) is 0 Å². The van der Waals surface area contributed by atoms with Gasteiger partial charge in [0.25, 0.3) is 0 Å². The van der Waals surface area contributed by atoms with Crippen molar-refractivity contribution in [2.24, 2.45) is 0 Å². The Bertz CT molecular complexity index is 1030. The van der Waals surface area contributed by atoms with E-state index in [2.05, 4.69) is 11.9 Å². The van der Waals surface area contributed by atoms with Gasteiger partial charge < -0.3 is 14.4 Å². The number of hydrogen-bond donors (Lipinski definition) is 1. The molecule has 0 saturated heterocycles. The molecular weight excluding hydrogens is 364 g/mol. The van der Waals surface area contributed by atoms with E-state index in [9.17, 15) is 13.5 Å². The largest absolute Gasteiger partial charge is 0.491 e. The Hall–Kier alpha value is -2.38. The highest BCUT2D eigenvalue weighted by Gasteiger charge is 2.18. The minimum atomic E-state index is -3.24. The summed E-state index contributed by atoms with van der Waals surface area (Å²) < 4.78 is 31.0. The molecule has 7 heteroatoms. The van der Waals surface area contributed by atoms with Gasteiger partial charge >= 0.3 is 0 Å². The van der Waals surface area contributed by atoms with Gasteiger partial charge in [0.2, 0.25) is 0 Å². The van der Waals surface area contributed by atoms with Crippen LogP contribution in [-0.2, 0) is 28.6 Å². The van der Waals surface area contributed by atoms with E-state index in [1.54, 1.807) is 4.57 Å². The second-order valence-electron chi connectivity index (χ2n) is 6.66. The third-order valence-electron chi connectivity index (χ3n) is 4.27. The fourth-order valence-electron chi connectivity index (χ4n) is 2.98. The molecule has 1 atom stereocenters. The number of aliphatic hydroxyl groups is 1. The summed E-state index contributed by atoms with van der Waals surface area (Å²) in [5, 5.41) is 10.5. The van der Waals surface area contributed by atoms with Crippen molar-refractivity contribution in [3.8, 4) is 5.75 Å². The van der Waals surface area contributed by atoms with Crippen LogP contribution in [0.3, 0.4) is 0 Å². The van der Waals surface area contributed by atoms with Crippen molar-refractivity contribution in [2.45, 2.75) is 31.7 Å². The van der Waals surface area contributed by atoms with Crippen molar-refractivity contribution in [2.75, 3.05) is 12.9 Å². The topological polar surface area (TPSA) is 81.4 Å². The molecule has 27 heavy (non-hydrogen) atoms. The van der Waals surface area contributed by atoms with E-state index in [1.807, 2.05) is 48.5 Å². The Kier molecular flexibility index (Phi) is 5.82. The molecule has 0 aliphatic rings. The summed E-state index contributed by atoms with van der Waals surface area (Å²) in [5.41, 5.74) is 2.67. The van der Waals surface area contributed by atoms with Crippen LogP contribution in [-0.4, -0.2) is 42.0 Å². The Balaban J connectivity index is 1.77. The molecule has 0 aliphatic heterocycles. The highest BCUT2D eigenvalue weighted by atomic mass is 32.2. The van der Waals surface area contributed by atoms with Crippen LogP contribution in [0.25, 0.3) is 11.0 Å². The Labute approximate surface area is 159 Å². The van der Waals surface area contributed by atoms with Gasteiger partial charge in [-0.25, -0.2) is 13.4 Å². The molecule has 1 heterocycles. The Morgan fingerprint density at radius 1 is 1.19 bits per heavy atom. The second kappa shape index (κ2) is 8.10. The minimum Gasteiger partial charge on any atom is -0.491 e. The molecule has 2 aromatic carbocycles. The number of sulfone groups is 1. The molecule has 6 nitrogen and oxygen atoms in total. The van der Waals surface area contributed by atoms with E-state index in [-0.39, 0.29) is 18.9 Å². The van der Waals surface area contributed by atoms with E-state index in [4.69, 9.17) is 4.74 Å². The fraction of sp³-hybridized carbons (Fsp3) is 0.350. The maximum absolute atomic E-state index is 11.7. The zero-order chi connectivity index (χ0) is 19.4. The monoisotopic (exact) mass is 388 g/mol. The summed E-state index contributed by atoms with van der Waals surface area (Å²) >= 11 is 0. The second-order valence-corrected chi connectivity index (χ2v) is 8.80. The van der Waals surface area contributed by atoms with Crippen molar-refractivity contribution in [3.63, 3.8) is 0 Å². The third kappa shape index (κ3) is 5.08. The molecule has 0 aliphatic carbocycles. The van der Waals surface area contributed by atoms with Crippen molar-refractivity contribution >= 4 is 20.9 Å². The van der Waals surface area contributed by atoms with Crippen LogP contribution in [0.1, 0.15) is 18.3 Å². The van der Waals surface area contributed by atoms with Gasteiger partial charge in [0.15, 0.2) is 9.84 Å². The SMILES string of the molecule is CCc1cccc(OCC(O)Cn2c(CS(C)(=O)=O)nc3ccccc32)c1. The van der Waals surface area contributed by atoms with Crippen LogP contribution >= 0.6 is 0 Å². The van der Waals surface area contributed by atoms with Crippen molar-refractivity contribution in [1.82, 2.24) is 9.55 Å². The van der Waals surface area contributed by atoms with Crippen LogP contribution < -0.4 is 4.74 Å². The standard InChI is InChI=1S/C20H24N2O4S/c1-3-15-7-6-8-17(11-15)26-13-16(23)12-22-19-10-5-4-9-18(19)21-20(22)14-27(2,24)25/h4-11,16,23H,3,12-14H2,1-2H3. The highest BCUT2D eigenvalue weighted by Crippen LogP contribution is 2.19. The number of hydrogen-bond acceptors (Lipinski definition) is 5. The summed E-state index contributed by atoms with van der Waals surface area (Å²) in [7, 11) is -3.24. The number of aromatic nitrogens is 2. The molecule has 144 valence electrons. The van der Waals surface area contributed by atoms with Gasteiger partial charge in [-0.1, -0.05) is 31.2 Å². The number of rotatable bonds is 8. The number of para-hydroxylation sites is 2. The lowest BCUT2D eigenvalue weighted by Crippen LogP contribution is -2.25. The average Bonchev–Trinajstić information content (AvgIpc) is 2.95. The number of aliphatic hydroxyl groups excluding tert-OH is 1. The summed E-state index contributed by atoms with van der Waals surface area (Å²) in [4.78, 5) is 4.42. The maximum Gasteiger partial charge on any atom is 0.154 e. The van der Waals surface area contributed by atoms with E-state index in [1.165, 1.54) is 6.26 Å². The number of nitrogens with zero attached hydrogens (tertiary/aromatic N) is 2. The molecule has 0 radical (unpaired) electrons. The number of ether oxygens (including phenoxy) is 1. The molecule has 0 amide bonds. The smallest absolute Gasteiger partial charge is 0.154 e. The highest BCUT2D eigenvalue weighted by molar-refractivity contribution is 7.89. The van der Waals surface area contributed by atoms with E-state index in [0.717, 1.165) is 17.5 Å². The minimum absolute atomic E-state index is 0.109. The number of fused-ring (bicyclic) bond motifs is 1. The molecule has 0 saturated carbocycles. The van der Waals surface area contributed by atoms with Gasteiger partial charge in [0.1, 0.15) is 30.0 Å². The van der Waals surface area contributed by atoms with Crippen molar-refractivity contribution < 1.29 is 18.3 Å². The summed E-state index contributed by atoms with van der Waals surface area (Å²) in [6.07, 6.45) is 1.29.